The number of aliphatic hydroxyl groups excluding tert-OH is 2. The van der Waals surface area contributed by atoms with Gasteiger partial charge in [0.2, 0.25) is 0 Å². The number of hydroxylamine groups is 2. The van der Waals surface area contributed by atoms with Crippen LogP contribution in [0.2, 0.25) is 0 Å². The number of carbonyl (C=O) groups excluding carboxylic acids is 2. The van der Waals surface area contributed by atoms with Gasteiger partial charge in [0.15, 0.2) is 17.2 Å². The van der Waals surface area contributed by atoms with Gasteiger partial charge in [0.05, 0.1) is 12.6 Å². The highest BCUT2D eigenvalue weighted by Gasteiger charge is 2.77. The summed E-state index contributed by atoms with van der Waals surface area (Å²) >= 11 is 0. The molecule has 212 valence electrons. The molecule has 0 bridgehead atoms. The number of carbonyl (C=O) groups is 2. The monoisotopic (exact) mass is 544 g/mol. The molecular weight excluding hydrogens is 504 g/mol. The molecule has 40 heavy (non-hydrogen) atoms. The van der Waals surface area contributed by atoms with E-state index in [-0.39, 0.29) is 29.3 Å². The summed E-state index contributed by atoms with van der Waals surface area (Å²) in [5, 5.41) is 25.4. The molecule has 2 heterocycles. The van der Waals surface area contributed by atoms with E-state index in [1.54, 1.807) is 12.2 Å². The highest BCUT2D eigenvalue weighted by Crippen LogP contribution is 2.74. The number of hydrogen-bond donors (Lipinski definition) is 2. The molecule has 8 atom stereocenters. The summed E-state index contributed by atoms with van der Waals surface area (Å²) in [6, 6.07) is 8.29. The topological polar surface area (TPSA) is 92.0 Å². The van der Waals surface area contributed by atoms with Crippen molar-refractivity contribution < 1.29 is 24.6 Å². The first kappa shape index (κ1) is 26.3. The maximum absolute atomic E-state index is 13.8. The highest BCUT2D eigenvalue weighted by atomic mass is 16.7. The molecule has 4 fully saturated rings. The number of Topliss-reactive ketones (excluding diaryl/α,β-unsaturated/α-hetero) is 1. The zero-order valence-electron chi connectivity index (χ0n) is 23.9. The Morgan fingerprint density at radius 2 is 1.95 bits per heavy atom. The van der Waals surface area contributed by atoms with Crippen LogP contribution in [-0.4, -0.2) is 56.3 Å². The van der Waals surface area contributed by atoms with Crippen molar-refractivity contribution in [2.45, 2.75) is 64.7 Å². The van der Waals surface area contributed by atoms with E-state index in [1.165, 1.54) is 5.39 Å². The summed E-state index contributed by atoms with van der Waals surface area (Å²) in [6.45, 7) is 7.08. The van der Waals surface area contributed by atoms with E-state index < -0.39 is 34.6 Å². The number of hydrogen-bond acceptors (Lipinski definition) is 6. The number of rotatable bonds is 4. The van der Waals surface area contributed by atoms with E-state index in [0.717, 1.165) is 35.9 Å². The lowest BCUT2D eigenvalue weighted by Crippen LogP contribution is -2.66. The van der Waals surface area contributed by atoms with Crippen LogP contribution < -0.4 is 0 Å². The van der Waals surface area contributed by atoms with Gasteiger partial charge in [-0.2, -0.15) is 5.06 Å². The van der Waals surface area contributed by atoms with Crippen LogP contribution in [0.3, 0.4) is 0 Å². The molecule has 7 nitrogen and oxygen atoms in total. The third kappa shape index (κ3) is 3.04. The van der Waals surface area contributed by atoms with Gasteiger partial charge in [0.25, 0.3) is 0 Å². The lowest BCUT2D eigenvalue weighted by Gasteiger charge is -2.65. The second kappa shape index (κ2) is 8.48. The molecule has 0 radical (unpaired) electrons. The highest BCUT2D eigenvalue weighted by molar-refractivity contribution is 6.01. The third-order valence-electron chi connectivity index (χ3n) is 12.3. The fourth-order valence-electron chi connectivity index (χ4n) is 10.2. The summed E-state index contributed by atoms with van der Waals surface area (Å²) in [4.78, 5) is 32.9. The quantitative estimate of drug-likeness (QED) is 0.602. The Hall–Kier alpha value is -2.58. The van der Waals surface area contributed by atoms with Crippen molar-refractivity contribution in [2.24, 2.45) is 41.0 Å². The molecule has 3 saturated carbocycles. The van der Waals surface area contributed by atoms with Crippen LogP contribution in [0.15, 0.2) is 54.3 Å². The molecule has 1 aliphatic heterocycles. The number of fused-ring (bicyclic) bond motifs is 8. The average molecular weight is 545 g/mol. The molecule has 8 unspecified atom stereocenters. The van der Waals surface area contributed by atoms with E-state index in [4.69, 9.17) is 4.84 Å². The zero-order chi connectivity index (χ0) is 28.2. The molecule has 1 saturated heterocycles. The predicted molar refractivity (Wildman–Crippen MR) is 151 cm³/mol. The van der Waals surface area contributed by atoms with Gasteiger partial charge in [-0.1, -0.05) is 50.6 Å². The van der Waals surface area contributed by atoms with Gasteiger partial charge >= 0.3 is 0 Å². The normalized spacial score (nSPS) is 42.4. The number of aromatic nitrogens is 1. The fraction of sp³-hybridized carbons (Fsp3) is 0.576. The minimum absolute atomic E-state index is 0.0206. The number of nitrogens with zero attached hydrogens (tertiary/aromatic N) is 2. The summed E-state index contributed by atoms with van der Waals surface area (Å²) in [5.41, 5.74) is 0.715. The number of allylic oxidation sites excluding steroid dienone is 4. The van der Waals surface area contributed by atoms with Crippen LogP contribution in [0.1, 0.15) is 52.0 Å². The summed E-state index contributed by atoms with van der Waals surface area (Å²) < 4.78 is 2.12. The Morgan fingerprint density at radius 3 is 2.73 bits per heavy atom. The first-order chi connectivity index (χ1) is 19.0. The molecule has 2 aromatic rings. The molecule has 1 aromatic heterocycles. The van der Waals surface area contributed by atoms with Crippen molar-refractivity contribution >= 4 is 22.5 Å². The van der Waals surface area contributed by atoms with Crippen molar-refractivity contribution in [1.29, 1.82) is 0 Å². The Morgan fingerprint density at radius 1 is 1.18 bits per heavy atom. The number of ketones is 2. The van der Waals surface area contributed by atoms with Gasteiger partial charge < -0.3 is 14.8 Å². The largest absolute Gasteiger partial charge is 0.392 e. The van der Waals surface area contributed by atoms with Crippen molar-refractivity contribution in [2.75, 3.05) is 13.2 Å². The first-order valence-corrected chi connectivity index (χ1v) is 14.7. The lowest BCUT2D eigenvalue weighted by atomic mass is 9.39. The Balaban J connectivity index is 1.26. The van der Waals surface area contributed by atoms with E-state index in [2.05, 4.69) is 43.7 Å². The van der Waals surface area contributed by atoms with Gasteiger partial charge in [-0.25, -0.2) is 0 Å². The number of benzene rings is 1. The molecule has 7 rings (SSSR count). The summed E-state index contributed by atoms with van der Waals surface area (Å²) in [7, 11) is 2.04. The first-order valence-electron chi connectivity index (χ1n) is 14.7. The van der Waals surface area contributed by atoms with Crippen LogP contribution in [0.25, 0.3) is 10.9 Å². The fourth-order valence-corrected chi connectivity index (χ4v) is 10.2. The molecule has 5 aliphatic rings. The van der Waals surface area contributed by atoms with Gasteiger partial charge in [0.1, 0.15) is 6.61 Å². The summed E-state index contributed by atoms with van der Waals surface area (Å²) in [5.74, 6) is -0.00697. The number of aryl methyl sites for hydroxylation is 1. The third-order valence-corrected chi connectivity index (χ3v) is 12.3. The second-order valence-corrected chi connectivity index (χ2v) is 13.7. The second-order valence-electron chi connectivity index (χ2n) is 13.7. The minimum Gasteiger partial charge on any atom is -0.392 e. The van der Waals surface area contributed by atoms with Crippen LogP contribution >= 0.6 is 0 Å². The maximum Gasteiger partial charge on any atom is 0.192 e. The van der Waals surface area contributed by atoms with Crippen molar-refractivity contribution in [3.63, 3.8) is 0 Å². The van der Waals surface area contributed by atoms with Crippen molar-refractivity contribution in [1.82, 2.24) is 9.63 Å². The van der Waals surface area contributed by atoms with Crippen LogP contribution in [-0.2, 0) is 28.0 Å². The van der Waals surface area contributed by atoms with E-state index in [9.17, 15) is 19.8 Å². The summed E-state index contributed by atoms with van der Waals surface area (Å²) in [6.07, 6.45) is 9.80. The van der Waals surface area contributed by atoms with E-state index in [0.29, 0.717) is 19.5 Å². The zero-order valence-corrected chi connectivity index (χ0v) is 23.9. The molecule has 0 amide bonds. The van der Waals surface area contributed by atoms with Gasteiger partial charge in [-0.05, 0) is 61.3 Å². The van der Waals surface area contributed by atoms with Crippen LogP contribution in [0.4, 0.5) is 0 Å². The van der Waals surface area contributed by atoms with E-state index in [1.807, 2.05) is 30.3 Å². The molecule has 2 N–H and O–H groups in total. The van der Waals surface area contributed by atoms with Crippen molar-refractivity contribution in [3.8, 4) is 0 Å². The van der Waals surface area contributed by atoms with Gasteiger partial charge in [-0.15, -0.1) is 0 Å². The van der Waals surface area contributed by atoms with Crippen molar-refractivity contribution in [3.05, 3.63) is 59.8 Å². The number of para-hydroxylation sites is 1. The van der Waals surface area contributed by atoms with Crippen LogP contribution in [0.5, 0.6) is 0 Å². The van der Waals surface area contributed by atoms with Gasteiger partial charge in [-0.3, -0.25) is 14.4 Å². The minimum atomic E-state index is -1.17. The van der Waals surface area contributed by atoms with Crippen LogP contribution in [0, 0.1) is 34.0 Å². The SMILES string of the molecule is Cn1cc(CN2CC3CC4C5CCC6=CC(=O)C=CC6(C)C5(C)C(O)CC4(C)C3(C(=O)CO)O2)c2ccccc21. The Kier molecular flexibility index (Phi) is 5.58. The smallest absolute Gasteiger partial charge is 0.192 e. The molecule has 1 aromatic carbocycles. The Bertz CT molecular complexity index is 1490. The standard InChI is InChI=1S/C33H40N2O5/c1-30-12-11-23(37)13-21(30)9-10-25-26-14-22-18-35(17-20-16-34(4)27-8-6-5-7-24(20)27)40-33(22,29(39)19-36)31(26,2)15-28(38)32(25,30)3/h5-8,11-13,16,22,25-26,28,36,38H,9-10,14-15,17-19H2,1-4H3. The lowest BCUT2D eigenvalue weighted by molar-refractivity contribution is -0.264. The predicted octanol–water partition coefficient (Wildman–Crippen LogP) is 4.12. The average Bonchev–Trinajstić information content (AvgIpc) is 3.53. The van der Waals surface area contributed by atoms with E-state index >= 15 is 0 Å². The molecule has 4 aliphatic carbocycles. The number of aliphatic hydroxyl groups is 2. The maximum atomic E-state index is 13.8. The molecule has 7 heteroatoms. The molecular formula is C33H40N2O5. The Labute approximate surface area is 235 Å². The van der Waals surface area contributed by atoms with Gasteiger partial charge in [0, 0.05) is 52.9 Å². The molecule has 0 spiro atoms.